The van der Waals surface area contributed by atoms with E-state index in [1.807, 2.05) is 37.8 Å². The smallest absolute Gasteiger partial charge is 0.411 e. The van der Waals surface area contributed by atoms with Gasteiger partial charge in [-0.1, -0.05) is 43.7 Å². The molecule has 1 aliphatic heterocycles. The molecular weight excluding hydrogens is 278 g/mol. The van der Waals surface area contributed by atoms with Crippen molar-refractivity contribution in [1.29, 1.82) is 0 Å². The Bertz CT molecular complexity index is 501. The Labute approximate surface area is 131 Å². The molecule has 4 heteroatoms. The number of amides is 1. The van der Waals surface area contributed by atoms with Crippen molar-refractivity contribution >= 4 is 16.3 Å². The Hall–Kier alpha value is -1.29. The van der Waals surface area contributed by atoms with Crippen LogP contribution in [0.2, 0.25) is 6.04 Å². The zero-order chi connectivity index (χ0) is 15.5. The van der Waals surface area contributed by atoms with Gasteiger partial charge in [0, 0.05) is 16.8 Å². The van der Waals surface area contributed by atoms with Gasteiger partial charge in [-0.2, -0.15) is 0 Å². The monoisotopic (exact) mass is 302 g/mol. The Morgan fingerprint density at radius 3 is 2.81 bits per heavy atom. The van der Waals surface area contributed by atoms with Crippen LogP contribution in [0, 0.1) is 0 Å². The topological polar surface area (TPSA) is 29.5 Å². The number of carbonyl (C=O) groups is 1. The van der Waals surface area contributed by atoms with E-state index >= 15 is 0 Å². The summed E-state index contributed by atoms with van der Waals surface area (Å²) >= 11 is 0. The summed E-state index contributed by atoms with van der Waals surface area (Å²) in [5, 5.41) is 0. The zero-order valence-corrected chi connectivity index (χ0v) is 14.2. The lowest BCUT2D eigenvalue weighted by Crippen LogP contribution is -2.37. The number of carbonyl (C=O) groups excluding carboxylic acids is 1. The maximum absolute atomic E-state index is 12.6. The average Bonchev–Trinajstić information content (AvgIpc) is 2.83. The fraction of sp³-hybridized carbons (Fsp3) is 0.588. The summed E-state index contributed by atoms with van der Waals surface area (Å²) in [5.41, 5.74) is 2.09. The van der Waals surface area contributed by atoms with Gasteiger partial charge in [-0.25, -0.2) is 4.79 Å². The van der Waals surface area contributed by atoms with Gasteiger partial charge in [0.15, 0.2) is 0 Å². The van der Waals surface area contributed by atoms with Crippen LogP contribution in [0.4, 0.5) is 4.79 Å². The highest BCUT2D eigenvalue weighted by Crippen LogP contribution is 2.37. The Morgan fingerprint density at radius 2 is 2.14 bits per heavy atom. The van der Waals surface area contributed by atoms with Gasteiger partial charge < -0.3 is 4.74 Å². The van der Waals surface area contributed by atoms with Crippen molar-refractivity contribution in [3.8, 4) is 0 Å². The van der Waals surface area contributed by atoms with Crippen LogP contribution < -0.4 is 0 Å². The van der Waals surface area contributed by atoms with Gasteiger partial charge in [-0.3, -0.25) is 4.90 Å². The highest BCUT2D eigenvalue weighted by molar-refractivity contribution is 6.08. The van der Waals surface area contributed by atoms with Crippen molar-refractivity contribution in [2.75, 3.05) is 0 Å². The molecule has 113 valence electrons. The molecule has 0 spiro atoms. The van der Waals surface area contributed by atoms with Crippen LogP contribution in [0.3, 0.4) is 0 Å². The van der Waals surface area contributed by atoms with Crippen LogP contribution >= 0.6 is 0 Å². The molecule has 0 aromatic heterocycles. The van der Waals surface area contributed by atoms with Crippen LogP contribution in [-0.2, 0) is 11.3 Å². The summed E-state index contributed by atoms with van der Waals surface area (Å²) in [6.07, 6.45) is 2.61. The lowest BCUT2D eigenvalue weighted by atomic mass is 10.0. The predicted molar refractivity (Wildman–Crippen MR) is 85.4 cm³/mol. The molecule has 0 fully saturated rings. The fourth-order valence-corrected chi connectivity index (χ4v) is 2.83. The van der Waals surface area contributed by atoms with Gasteiger partial charge >= 0.3 is 6.09 Å². The Kier molecular flexibility index (Phi) is 5.09. The number of nitrogens with zero attached hydrogens (tertiary/aromatic N) is 1. The minimum absolute atomic E-state index is 0.137. The van der Waals surface area contributed by atoms with E-state index in [-0.39, 0.29) is 12.1 Å². The molecule has 0 aliphatic carbocycles. The first-order valence-electron chi connectivity index (χ1n) is 7.70. The van der Waals surface area contributed by atoms with Gasteiger partial charge in [0.05, 0.1) is 6.04 Å². The van der Waals surface area contributed by atoms with Crippen LogP contribution in [0.15, 0.2) is 24.3 Å². The largest absolute Gasteiger partial charge is 0.443 e. The highest BCUT2D eigenvalue weighted by atomic mass is 28.1. The quantitative estimate of drug-likeness (QED) is 0.762. The van der Waals surface area contributed by atoms with Gasteiger partial charge in [-0.15, -0.1) is 0 Å². The molecule has 0 N–H and O–H groups in total. The van der Waals surface area contributed by atoms with E-state index in [0.717, 1.165) is 25.3 Å². The van der Waals surface area contributed by atoms with Crippen LogP contribution in [0.1, 0.15) is 57.2 Å². The SMILES string of the molecule is CCC(C)(C)OC(=O)N1Cc2ccccc2C1CCC[Si]. The minimum atomic E-state index is -0.411. The van der Waals surface area contributed by atoms with E-state index < -0.39 is 5.60 Å². The first-order chi connectivity index (χ1) is 9.98. The molecule has 1 heterocycles. The lowest BCUT2D eigenvalue weighted by molar-refractivity contribution is 0.00375. The molecular formula is C17H24NO2Si. The number of hydrogen-bond acceptors (Lipinski definition) is 2. The van der Waals surface area contributed by atoms with Crippen LogP contribution in [0.5, 0.6) is 0 Å². The van der Waals surface area contributed by atoms with Gasteiger partial charge in [0.1, 0.15) is 5.60 Å². The number of ether oxygens (including phenoxy) is 1. The summed E-state index contributed by atoms with van der Waals surface area (Å²) in [4.78, 5) is 14.4. The third-order valence-corrected chi connectivity index (χ3v) is 4.59. The summed E-state index contributed by atoms with van der Waals surface area (Å²) in [7, 11) is 3.53. The van der Waals surface area contributed by atoms with E-state index in [9.17, 15) is 4.79 Å². The zero-order valence-electron chi connectivity index (χ0n) is 13.2. The van der Waals surface area contributed by atoms with E-state index in [4.69, 9.17) is 4.74 Å². The second-order valence-corrected chi connectivity index (χ2v) is 6.72. The van der Waals surface area contributed by atoms with E-state index in [1.165, 1.54) is 11.1 Å². The Morgan fingerprint density at radius 1 is 1.43 bits per heavy atom. The maximum atomic E-state index is 12.6. The molecule has 1 unspecified atom stereocenters. The van der Waals surface area contributed by atoms with Gasteiger partial charge in [0.2, 0.25) is 0 Å². The standard InChI is InChI=1S/C17H24NO2Si/c1-4-17(2,3)20-16(19)18-12-13-8-5-6-9-14(13)15(18)10-7-11-21/h5-6,8-9,15H,4,7,10-12H2,1-3H3. The summed E-state index contributed by atoms with van der Waals surface area (Å²) in [6, 6.07) is 9.40. The van der Waals surface area contributed by atoms with Crippen molar-refractivity contribution in [1.82, 2.24) is 4.90 Å². The van der Waals surface area contributed by atoms with Crippen molar-refractivity contribution in [2.45, 2.75) is 64.3 Å². The molecule has 3 radical (unpaired) electrons. The van der Waals surface area contributed by atoms with Crippen molar-refractivity contribution in [2.24, 2.45) is 0 Å². The highest BCUT2D eigenvalue weighted by Gasteiger charge is 2.35. The molecule has 0 saturated heterocycles. The summed E-state index contributed by atoms with van der Waals surface area (Å²) in [6.45, 7) is 6.61. The first-order valence-corrected chi connectivity index (χ1v) is 8.41. The fourth-order valence-electron chi connectivity index (χ4n) is 2.63. The summed E-state index contributed by atoms with van der Waals surface area (Å²) < 4.78 is 5.69. The second-order valence-electron chi connectivity index (χ2n) is 6.22. The molecule has 3 nitrogen and oxygen atoms in total. The van der Waals surface area contributed by atoms with Crippen molar-refractivity contribution in [3.05, 3.63) is 35.4 Å². The molecule has 21 heavy (non-hydrogen) atoms. The molecule has 1 atom stereocenters. The molecule has 1 aliphatic rings. The molecule has 0 saturated carbocycles. The van der Waals surface area contributed by atoms with E-state index in [1.54, 1.807) is 0 Å². The predicted octanol–water partition coefficient (Wildman–Crippen LogP) is 4.24. The van der Waals surface area contributed by atoms with Crippen molar-refractivity contribution < 1.29 is 9.53 Å². The Balaban J connectivity index is 2.17. The lowest BCUT2D eigenvalue weighted by Gasteiger charge is -2.30. The third kappa shape index (κ3) is 3.67. The average molecular weight is 302 g/mol. The van der Waals surface area contributed by atoms with Gasteiger partial charge in [-0.05, 0) is 37.8 Å². The normalized spacial score (nSPS) is 17.7. The van der Waals surface area contributed by atoms with E-state index in [0.29, 0.717) is 6.54 Å². The van der Waals surface area contributed by atoms with Gasteiger partial charge in [0.25, 0.3) is 0 Å². The molecule has 1 aromatic rings. The first kappa shape index (κ1) is 16.1. The maximum Gasteiger partial charge on any atom is 0.411 e. The summed E-state index contributed by atoms with van der Waals surface area (Å²) in [5.74, 6) is 0. The van der Waals surface area contributed by atoms with Crippen LogP contribution in [0.25, 0.3) is 0 Å². The minimum Gasteiger partial charge on any atom is -0.443 e. The molecule has 0 bridgehead atoms. The van der Waals surface area contributed by atoms with E-state index in [2.05, 4.69) is 22.4 Å². The van der Waals surface area contributed by atoms with Crippen molar-refractivity contribution in [3.63, 3.8) is 0 Å². The third-order valence-electron chi connectivity index (χ3n) is 4.23. The van der Waals surface area contributed by atoms with Crippen LogP contribution in [-0.4, -0.2) is 26.8 Å². The molecule has 1 amide bonds. The molecule has 1 aromatic carbocycles. The second kappa shape index (κ2) is 6.65. The number of benzene rings is 1. The number of fused-ring (bicyclic) bond motifs is 1. The number of hydrogen-bond donors (Lipinski definition) is 0. The molecule has 2 rings (SSSR count). The number of rotatable bonds is 5.